The van der Waals surface area contributed by atoms with E-state index in [9.17, 15) is 18.0 Å². The van der Waals surface area contributed by atoms with Crippen molar-refractivity contribution in [3.63, 3.8) is 0 Å². The van der Waals surface area contributed by atoms with Crippen molar-refractivity contribution in [3.05, 3.63) is 83.9 Å². The zero-order chi connectivity index (χ0) is 23.4. The van der Waals surface area contributed by atoms with Gasteiger partial charge in [-0.15, -0.1) is 0 Å². The van der Waals surface area contributed by atoms with Crippen LogP contribution in [0.2, 0.25) is 0 Å². The first kappa shape index (κ1) is 22.5. The first-order valence-corrected chi connectivity index (χ1v) is 12.2. The first-order chi connectivity index (χ1) is 15.8. The van der Waals surface area contributed by atoms with E-state index in [1.54, 1.807) is 48.5 Å². The van der Waals surface area contributed by atoms with E-state index in [0.717, 1.165) is 16.8 Å². The Labute approximate surface area is 193 Å². The Balaban J connectivity index is 1.30. The van der Waals surface area contributed by atoms with Gasteiger partial charge in [-0.25, -0.2) is 8.42 Å². The summed E-state index contributed by atoms with van der Waals surface area (Å²) in [4.78, 5) is 24.9. The Morgan fingerprint density at radius 2 is 1.64 bits per heavy atom. The summed E-state index contributed by atoms with van der Waals surface area (Å²) in [5.74, 6) is -0.509. The van der Waals surface area contributed by atoms with E-state index >= 15 is 0 Å². The highest BCUT2D eigenvalue weighted by Crippen LogP contribution is 2.27. The maximum Gasteiger partial charge on any atom is 0.261 e. The van der Waals surface area contributed by atoms with E-state index in [1.165, 1.54) is 0 Å². The molecule has 1 aliphatic heterocycles. The highest BCUT2D eigenvalue weighted by atomic mass is 32.2. The van der Waals surface area contributed by atoms with Crippen LogP contribution < -0.4 is 15.4 Å². The Morgan fingerprint density at radius 3 is 2.36 bits per heavy atom. The number of benzene rings is 3. The van der Waals surface area contributed by atoms with Gasteiger partial charge in [0, 0.05) is 29.4 Å². The summed E-state index contributed by atoms with van der Waals surface area (Å²) in [6, 6.07) is 20.7. The minimum Gasteiger partial charge on any atom is -0.326 e. The summed E-state index contributed by atoms with van der Waals surface area (Å²) < 4.78 is 27.5. The van der Waals surface area contributed by atoms with Crippen LogP contribution in [0.25, 0.3) is 0 Å². The van der Waals surface area contributed by atoms with Gasteiger partial charge >= 0.3 is 0 Å². The number of aryl methyl sites for hydroxylation is 1. The summed E-state index contributed by atoms with van der Waals surface area (Å²) in [6.07, 6.45) is 1.27. The van der Waals surface area contributed by atoms with Crippen LogP contribution in [0.1, 0.15) is 24.0 Å². The molecule has 0 bridgehead atoms. The molecule has 0 fully saturated rings. The number of rotatable bonds is 7. The zero-order valence-corrected chi connectivity index (χ0v) is 19.0. The van der Waals surface area contributed by atoms with Crippen LogP contribution in [0.5, 0.6) is 0 Å². The van der Waals surface area contributed by atoms with E-state index in [1.807, 2.05) is 31.2 Å². The van der Waals surface area contributed by atoms with Crippen LogP contribution in [-0.2, 0) is 26.0 Å². The Kier molecular flexibility index (Phi) is 6.46. The van der Waals surface area contributed by atoms with Crippen molar-refractivity contribution in [1.29, 1.82) is 0 Å². The Morgan fingerprint density at radius 1 is 0.970 bits per heavy atom. The highest BCUT2D eigenvalue weighted by Gasteiger charge is 2.26. The molecule has 4 rings (SSSR count). The molecule has 3 aromatic rings. The van der Waals surface area contributed by atoms with Crippen LogP contribution >= 0.6 is 0 Å². The monoisotopic (exact) mass is 463 g/mol. The second-order valence-corrected chi connectivity index (χ2v) is 9.81. The molecule has 0 saturated heterocycles. The van der Waals surface area contributed by atoms with Gasteiger partial charge in [-0.1, -0.05) is 35.9 Å². The molecule has 7 nitrogen and oxygen atoms in total. The zero-order valence-electron chi connectivity index (χ0n) is 18.2. The maximum atomic E-state index is 12.5. The maximum absolute atomic E-state index is 12.5. The number of para-hydroxylation sites is 1. The molecular formula is C25H25N3O4S. The van der Waals surface area contributed by atoms with Crippen molar-refractivity contribution < 1.29 is 18.0 Å². The van der Waals surface area contributed by atoms with E-state index in [-0.39, 0.29) is 29.0 Å². The predicted octanol–water partition coefficient (Wildman–Crippen LogP) is 4.33. The van der Waals surface area contributed by atoms with Gasteiger partial charge in [-0.05, 0) is 67.8 Å². The molecule has 2 amide bonds. The van der Waals surface area contributed by atoms with Gasteiger partial charge in [0.15, 0.2) is 0 Å². The molecule has 170 valence electrons. The number of amides is 2. The average molecular weight is 464 g/mol. The van der Waals surface area contributed by atoms with Gasteiger partial charge in [0.2, 0.25) is 11.8 Å². The molecule has 0 radical (unpaired) electrons. The lowest BCUT2D eigenvalue weighted by atomic mass is 9.89. The fraction of sp³-hybridized carbons (Fsp3) is 0.200. The Bertz CT molecular complexity index is 1270. The number of hydrogen-bond donors (Lipinski definition) is 3. The molecule has 0 aromatic heterocycles. The molecular weight excluding hydrogens is 438 g/mol. The van der Waals surface area contributed by atoms with Gasteiger partial charge < -0.3 is 10.6 Å². The SMILES string of the molecule is Cc1ccc(S(=O)(=O)Nc2ccc(NC(=O)CCC3Cc4ccccc4NC3=O)cc2)cc1. The van der Waals surface area contributed by atoms with Gasteiger partial charge in [0.25, 0.3) is 10.0 Å². The van der Waals surface area contributed by atoms with Gasteiger partial charge in [0.05, 0.1) is 4.90 Å². The molecule has 1 atom stereocenters. The number of anilines is 3. The van der Waals surface area contributed by atoms with Crippen molar-refractivity contribution in [3.8, 4) is 0 Å². The molecule has 1 heterocycles. The van der Waals surface area contributed by atoms with Crippen molar-refractivity contribution in [2.24, 2.45) is 5.92 Å². The third-order valence-corrected chi connectivity index (χ3v) is 6.98. The summed E-state index contributed by atoms with van der Waals surface area (Å²) in [6.45, 7) is 1.89. The fourth-order valence-corrected chi connectivity index (χ4v) is 4.79. The molecule has 3 N–H and O–H groups in total. The second kappa shape index (κ2) is 9.46. The van der Waals surface area contributed by atoms with E-state index in [2.05, 4.69) is 15.4 Å². The highest BCUT2D eigenvalue weighted by molar-refractivity contribution is 7.92. The number of fused-ring (bicyclic) bond motifs is 1. The average Bonchev–Trinajstić information content (AvgIpc) is 2.79. The van der Waals surface area contributed by atoms with Crippen molar-refractivity contribution >= 4 is 38.9 Å². The van der Waals surface area contributed by atoms with E-state index < -0.39 is 10.0 Å². The Hall–Kier alpha value is -3.65. The third kappa shape index (κ3) is 5.59. The molecule has 8 heteroatoms. The largest absolute Gasteiger partial charge is 0.326 e. The van der Waals surface area contributed by atoms with Crippen molar-refractivity contribution in [1.82, 2.24) is 0 Å². The smallest absolute Gasteiger partial charge is 0.261 e. The molecule has 0 saturated carbocycles. The molecule has 0 aliphatic carbocycles. The molecule has 0 spiro atoms. The lowest BCUT2D eigenvalue weighted by Crippen LogP contribution is -2.30. The number of carbonyl (C=O) groups is 2. The summed E-state index contributed by atoms with van der Waals surface area (Å²) in [7, 11) is -3.69. The number of hydrogen-bond acceptors (Lipinski definition) is 4. The molecule has 33 heavy (non-hydrogen) atoms. The van der Waals surface area contributed by atoms with Crippen LogP contribution in [-0.4, -0.2) is 20.2 Å². The second-order valence-electron chi connectivity index (χ2n) is 8.13. The van der Waals surface area contributed by atoms with Crippen molar-refractivity contribution in [2.45, 2.75) is 31.1 Å². The summed E-state index contributed by atoms with van der Waals surface area (Å²) >= 11 is 0. The van der Waals surface area contributed by atoms with Crippen LogP contribution in [0.3, 0.4) is 0 Å². The predicted molar refractivity (Wildman–Crippen MR) is 129 cm³/mol. The quantitative estimate of drug-likeness (QED) is 0.485. The van der Waals surface area contributed by atoms with Gasteiger partial charge in [-0.3, -0.25) is 14.3 Å². The summed E-state index contributed by atoms with van der Waals surface area (Å²) in [5.41, 5.74) is 3.83. The summed E-state index contributed by atoms with van der Waals surface area (Å²) in [5, 5.41) is 5.69. The molecule has 3 aromatic carbocycles. The minimum absolute atomic E-state index is 0.0632. The van der Waals surface area contributed by atoms with Gasteiger partial charge in [0.1, 0.15) is 0 Å². The fourth-order valence-electron chi connectivity index (χ4n) is 3.73. The normalized spacial score (nSPS) is 15.3. The number of carbonyl (C=O) groups excluding carboxylic acids is 2. The topological polar surface area (TPSA) is 104 Å². The lowest BCUT2D eigenvalue weighted by molar-refractivity contribution is -0.121. The van der Waals surface area contributed by atoms with E-state index in [4.69, 9.17) is 0 Å². The first-order valence-electron chi connectivity index (χ1n) is 10.7. The van der Waals surface area contributed by atoms with Crippen LogP contribution in [0.4, 0.5) is 17.1 Å². The molecule has 1 unspecified atom stereocenters. The van der Waals surface area contributed by atoms with Gasteiger partial charge in [-0.2, -0.15) is 0 Å². The van der Waals surface area contributed by atoms with Crippen molar-refractivity contribution in [2.75, 3.05) is 15.4 Å². The number of sulfonamides is 1. The number of nitrogens with one attached hydrogen (secondary N) is 3. The molecule has 1 aliphatic rings. The van der Waals surface area contributed by atoms with Crippen LogP contribution in [0.15, 0.2) is 77.7 Å². The lowest BCUT2D eigenvalue weighted by Gasteiger charge is -2.24. The van der Waals surface area contributed by atoms with E-state index in [0.29, 0.717) is 24.2 Å². The standard InChI is InChI=1S/C25H25N3O4S/c1-17-6-13-22(14-7-17)33(31,32)28-21-11-9-20(10-12-21)26-24(29)15-8-19-16-18-4-2-3-5-23(18)27-25(19)30/h2-7,9-14,19,28H,8,15-16H2,1H3,(H,26,29)(H,27,30). The third-order valence-electron chi connectivity index (χ3n) is 5.58. The van der Waals surface area contributed by atoms with Crippen LogP contribution in [0, 0.1) is 12.8 Å². The minimum atomic E-state index is -3.69.